The van der Waals surface area contributed by atoms with E-state index in [9.17, 15) is 0 Å². The van der Waals surface area contributed by atoms with E-state index in [2.05, 4.69) is 36.0 Å². The SMILES string of the molecule is CC1CC(C)N(Cc2cc[nH]c2)C1. The highest BCUT2D eigenvalue weighted by Gasteiger charge is 2.25. The Morgan fingerprint density at radius 2 is 2.38 bits per heavy atom. The number of nitrogens with one attached hydrogen (secondary N) is 1. The van der Waals surface area contributed by atoms with Crippen molar-refractivity contribution in [3.8, 4) is 0 Å². The van der Waals surface area contributed by atoms with Gasteiger partial charge in [0.1, 0.15) is 0 Å². The molecule has 0 aliphatic carbocycles. The molecule has 2 unspecified atom stereocenters. The van der Waals surface area contributed by atoms with E-state index < -0.39 is 0 Å². The second-order valence-corrected chi connectivity index (χ2v) is 4.34. The summed E-state index contributed by atoms with van der Waals surface area (Å²) >= 11 is 0. The number of aromatic amines is 1. The van der Waals surface area contributed by atoms with Crippen LogP contribution in [0.1, 0.15) is 25.8 Å². The molecule has 2 heterocycles. The quantitative estimate of drug-likeness (QED) is 0.736. The minimum absolute atomic E-state index is 0.755. The van der Waals surface area contributed by atoms with Gasteiger partial charge in [-0.1, -0.05) is 6.92 Å². The summed E-state index contributed by atoms with van der Waals surface area (Å²) < 4.78 is 0. The zero-order valence-electron chi connectivity index (χ0n) is 8.46. The Labute approximate surface area is 79.9 Å². The van der Waals surface area contributed by atoms with Crippen molar-refractivity contribution < 1.29 is 0 Å². The molecule has 0 saturated carbocycles. The maximum atomic E-state index is 3.10. The molecule has 1 aromatic heterocycles. The van der Waals surface area contributed by atoms with Crippen molar-refractivity contribution >= 4 is 0 Å². The highest BCUT2D eigenvalue weighted by molar-refractivity contribution is 5.08. The number of nitrogens with zero attached hydrogens (tertiary/aromatic N) is 1. The first-order valence-corrected chi connectivity index (χ1v) is 5.11. The lowest BCUT2D eigenvalue weighted by Crippen LogP contribution is -2.26. The van der Waals surface area contributed by atoms with E-state index in [1.165, 1.54) is 18.5 Å². The monoisotopic (exact) mass is 178 g/mol. The van der Waals surface area contributed by atoms with Crippen LogP contribution < -0.4 is 0 Å². The van der Waals surface area contributed by atoms with Gasteiger partial charge >= 0.3 is 0 Å². The van der Waals surface area contributed by atoms with Crippen LogP contribution in [0.3, 0.4) is 0 Å². The van der Waals surface area contributed by atoms with Crippen LogP contribution in [0.2, 0.25) is 0 Å². The Hall–Kier alpha value is -0.760. The Balaban J connectivity index is 1.95. The summed E-state index contributed by atoms with van der Waals surface area (Å²) in [6, 6.07) is 2.92. The van der Waals surface area contributed by atoms with E-state index in [0.717, 1.165) is 18.5 Å². The summed E-state index contributed by atoms with van der Waals surface area (Å²) in [6.45, 7) is 7.03. The van der Waals surface area contributed by atoms with Crippen molar-refractivity contribution in [2.24, 2.45) is 5.92 Å². The topological polar surface area (TPSA) is 19.0 Å². The van der Waals surface area contributed by atoms with Crippen LogP contribution in [0.5, 0.6) is 0 Å². The molecule has 0 radical (unpaired) electrons. The van der Waals surface area contributed by atoms with Gasteiger partial charge in [-0.25, -0.2) is 0 Å². The summed E-state index contributed by atoms with van der Waals surface area (Å²) in [5, 5.41) is 0. The van der Waals surface area contributed by atoms with Crippen molar-refractivity contribution in [1.82, 2.24) is 9.88 Å². The van der Waals surface area contributed by atoms with Crippen molar-refractivity contribution in [3.05, 3.63) is 24.0 Å². The van der Waals surface area contributed by atoms with Crippen LogP contribution in [-0.4, -0.2) is 22.5 Å². The molecule has 0 bridgehead atoms. The molecular weight excluding hydrogens is 160 g/mol. The number of likely N-dealkylation sites (tertiary alicyclic amines) is 1. The fraction of sp³-hybridized carbons (Fsp3) is 0.636. The lowest BCUT2D eigenvalue weighted by Gasteiger charge is -2.19. The van der Waals surface area contributed by atoms with Crippen LogP contribution in [0.25, 0.3) is 0 Å². The van der Waals surface area contributed by atoms with Gasteiger partial charge < -0.3 is 4.98 Å². The van der Waals surface area contributed by atoms with Gasteiger partial charge in [-0.2, -0.15) is 0 Å². The zero-order valence-corrected chi connectivity index (χ0v) is 8.46. The number of hydrogen-bond donors (Lipinski definition) is 1. The third-order valence-corrected chi connectivity index (χ3v) is 2.96. The first kappa shape index (κ1) is 8.82. The average molecular weight is 178 g/mol. The van der Waals surface area contributed by atoms with Crippen molar-refractivity contribution in [2.45, 2.75) is 32.9 Å². The highest BCUT2D eigenvalue weighted by atomic mass is 15.2. The average Bonchev–Trinajstić information content (AvgIpc) is 2.63. The minimum atomic E-state index is 0.755. The zero-order chi connectivity index (χ0) is 9.26. The maximum Gasteiger partial charge on any atom is 0.0251 e. The lowest BCUT2D eigenvalue weighted by atomic mass is 10.1. The smallest absolute Gasteiger partial charge is 0.0251 e. The van der Waals surface area contributed by atoms with Gasteiger partial charge in [0.05, 0.1) is 0 Å². The summed E-state index contributed by atoms with van der Waals surface area (Å²) in [5.74, 6) is 0.869. The van der Waals surface area contributed by atoms with Crippen LogP contribution in [-0.2, 0) is 6.54 Å². The van der Waals surface area contributed by atoms with Gasteiger partial charge in [-0.15, -0.1) is 0 Å². The molecule has 13 heavy (non-hydrogen) atoms. The number of H-pyrrole nitrogens is 1. The van der Waals surface area contributed by atoms with E-state index in [1.54, 1.807) is 0 Å². The molecule has 1 saturated heterocycles. The van der Waals surface area contributed by atoms with Crippen LogP contribution in [0.4, 0.5) is 0 Å². The van der Waals surface area contributed by atoms with E-state index >= 15 is 0 Å². The van der Waals surface area contributed by atoms with Gasteiger partial charge in [0.2, 0.25) is 0 Å². The van der Waals surface area contributed by atoms with E-state index in [-0.39, 0.29) is 0 Å². The molecule has 72 valence electrons. The second kappa shape index (κ2) is 3.54. The number of hydrogen-bond acceptors (Lipinski definition) is 1. The summed E-state index contributed by atoms with van der Waals surface area (Å²) in [4.78, 5) is 5.67. The molecule has 1 aromatic rings. The van der Waals surface area contributed by atoms with E-state index in [4.69, 9.17) is 0 Å². The molecule has 1 N–H and O–H groups in total. The Morgan fingerprint density at radius 3 is 2.92 bits per heavy atom. The Kier molecular flexibility index (Phi) is 2.40. The molecule has 0 aromatic carbocycles. The standard InChI is InChI=1S/C11H18N2/c1-9-5-10(2)13(7-9)8-11-3-4-12-6-11/h3-4,6,9-10,12H,5,7-8H2,1-2H3. The van der Waals surface area contributed by atoms with E-state index in [1.807, 2.05) is 6.20 Å². The molecule has 2 atom stereocenters. The lowest BCUT2D eigenvalue weighted by molar-refractivity contribution is 0.257. The highest BCUT2D eigenvalue weighted by Crippen LogP contribution is 2.23. The van der Waals surface area contributed by atoms with Crippen LogP contribution in [0, 0.1) is 5.92 Å². The molecule has 1 aliphatic heterocycles. The van der Waals surface area contributed by atoms with Crippen LogP contribution >= 0.6 is 0 Å². The van der Waals surface area contributed by atoms with Crippen molar-refractivity contribution in [2.75, 3.05) is 6.54 Å². The van der Waals surface area contributed by atoms with Gasteiger partial charge in [0, 0.05) is 31.5 Å². The summed E-state index contributed by atoms with van der Waals surface area (Å²) in [7, 11) is 0. The number of rotatable bonds is 2. The predicted molar refractivity (Wildman–Crippen MR) is 54.4 cm³/mol. The molecule has 1 fully saturated rings. The Morgan fingerprint density at radius 1 is 1.54 bits per heavy atom. The maximum absolute atomic E-state index is 3.10. The second-order valence-electron chi connectivity index (χ2n) is 4.34. The molecule has 2 nitrogen and oxygen atoms in total. The largest absolute Gasteiger partial charge is 0.367 e. The fourth-order valence-corrected chi connectivity index (χ4v) is 2.30. The molecule has 0 amide bonds. The van der Waals surface area contributed by atoms with Gasteiger partial charge in [0.25, 0.3) is 0 Å². The number of aromatic nitrogens is 1. The van der Waals surface area contributed by atoms with Crippen molar-refractivity contribution in [1.29, 1.82) is 0 Å². The molecule has 2 rings (SSSR count). The van der Waals surface area contributed by atoms with Crippen molar-refractivity contribution in [3.63, 3.8) is 0 Å². The summed E-state index contributed by atoms with van der Waals surface area (Å²) in [5.41, 5.74) is 1.40. The molecule has 2 heteroatoms. The molecular formula is C11H18N2. The van der Waals surface area contributed by atoms with Gasteiger partial charge in [0.15, 0.2) is 0 Å². The first-order chi connectivity index (χ1) is 6.25. The van der Waals surface area contributed by atoms with Gasteiger partial charge in [-0.3, -0.25) is 4.90 Å². The molecule has 0 spiro atoms. The van der Waals surface area contributed by atoms with Gasteiger partial charge in [-0.05, 0) is 30.9 Å². The van der Waals surface area contributed by atoms with E-state index in [0.29, 0.717) is 0 Å². The van der Waals surface area contributed by atoms with Crippen LogP contribution in [0.15, 0.2) is 18.5 Å². The predicted octanol–water partition coefficient (Wildman–Crippen LogP) is 2.25. The minimum Gasteiger partial charge on any atom is -0.367 e. The molecule has 1 aliphatic rings. The summed E-state index contributed by atoms with van der Waals surface area (Å²) in [6.07, 6.45) is 5.44. The third kappa shape index (κ3) is 1.94. The first-order valence-electron chi connectivity index (χ1n) is 5.11. The third-order valence-electron chi connectivity index (χ3n) is 2.96. The fourth-order valence-electron chi connectivity index (χ4n) is 2.30. The normalized spacial score (nSPS) is 29.7. The Bertz CT molecular complexity index is 253.